The van der Waals surface area contributed by atoms with E-state index in [4.69, 9.17) is 15.0 Å². The van der Waals surface area contributed by atoms with Crippen molar-refractivity contribution in [2.45, 2.75) is 27.7 Å². The summed E-state index contributed by atoms with van der Waals surface area (Å²) in [4.78, 5) is 22.9. The number of hydrogen-bond acceptors (Lipinski definition) is 5. The van der Waals surface area contributed by atoms with Crippen molar-refractivity contribution in [3.63, 3.8) is 0 Å². The van der Waals surface area contributed by atoms with E-state index in [0.29, 0.717) is 5.82 Å². The molecule has 0 aliphatic carbocycles. The van der Waals surface area contributed by atoms with Crippen LogP contribution in [0.3, 0.4) is 0 Å². The third-order valence-corrected chi connectivity index (χ3v) is 8.97. The molecule has 0 saturated heterocycles. The number of aliphatic imine (C=N–C) groups is 1. The lowest BCUT2D eigenvalue weighted by Crippen LogP contribution is -2.00. The number of allylic oxidation sites excluding steroid dienone is 4. The molecule has 5 aromatic carbocycles. The predicted molar refractivity (Wildman–Crippen MR) is 233 cm³/mol. The van der Waals surface area contributed by atoms with E-state index in [1.807, 2.05) is 155 Å². The third-order valence-electron chi connectivity index (χ3n) is 8.97. The number of imidazole rings is 1. The largest absolute Gasteiger partial charge is 0.296 e. The lowest BCUT2D eigenvalue weighted by atomic mass is 10.0. The quantitative estimate of drug-likeness (QED) is 0.122. The van der Waals surface area contributed by atoms with Gasteiger partial charge in [0.15, 0.2) is 5.82 Å². The van der Waals surface area contributed by atoms with Crippen molar-refractivity contribution in [2.24, 2.45) is 4.99 Å². The van der Waals surface area contributed by atoms with Gasteiger partial charge in [0.1, 0.15) is 5.82 Å². The summed E-state index contributed by atoms with van der Waals surface area (Å²) in [6, 6.07) is 46.6. The van der Waals surface area contributed by atoms with Gasteiger partial charge in [-0.05, 0) is 81.5 Å². The number of rotatable bonds is 7. The van der Waals surface area contributed by atoms with E-state index >= 15 is 0 Å². The number of para-hydroxylation sites is 3. The van der Waals surface area contributed by atoms with Crippen molar-refractivity contribution in [3.8, 4) is 33.8 Å². The van der Waals surface area contributed by atoms with E-state index < -0.39 is 0 Å². The van der Waals surface area contributed by atoms with Gasteiger partial charge in [0, 0.05) is 34.0 Å². The first kappa shape index (κ1) is 37.7. The number of pyridine rings is 1. The first-order valence-electron chi connectivity index (χ1n) is 18.1. The molecule has 0 N–H and O–H groups in total. The molecule has 0 amide bonds. The number of fused-ring (bicyclic) bond motifs is 2. The molecule has 6 nitrogen and oxygen atoms in total. The molecule has 8 rings (SSSR count). The maximum atomic E-state index is 5.05. The van der Waals surface area contributed by atoms with Crippen LogP contribution in [0.5, 0.6) is 0 Å². The highest BCUT2D eigenvalue weighted by Crippen LogP contribution is 2.35. The molecule has 0 spiro atoms. The number of aromatic nitrogens is 5. The van der Waals surface area contributed by atoms with E-state index in [1.165, 1.54) is 11.1 Å². The summed E-state index contributed by atoms with van der Waals surface area (Å²) in [5.41, 5.74) is 13.0. The van der Waals surface area contributed by atoms with Gasteiger partial charge in [-0.1, -0.05) is 134 Å². The molecule has 3 aromatic heterocycles. The molecule has 55 heavy (non-hydrogen) atoms. The van der Waals surface area contributed by atoms with Crippen LogP contribution in [0.25, 0.3) is 67.0 Å². The summed E-state index contributed by atoms with van der Waals surface area (Å²) in [5.74, 6) is 1.61. The Bertz CT molecular complexity index is 2620. The van der Waals surface area contributed by atoms with Crippen LogP contribution in [0.4, 0.5) is 5.69 Å². The Morgan fingerprint density at radius 2 is 1.31 bits per heavy atom. The maximum Gasteiger partial charge on any atom is 0.160 e. The van der Waals surface area contributed by atoms with Crippen LogP contribution in [0.15, 0.2) is 176 Å². The minimum Gasteiger partial charge on any atom is -0.296 e. The normalized spacial score (nSPS) is 10.7. The second-order valence-corrected chi connectivity index (χ2v) is 13.0. The summed E-state index contributed by atoms with van der Waals surface area (Å²) in [6.45, 7) is 19.5. The molecule has 8 aromatic rings. The molecule has 0 bridgehead atoms. The van der Waals surface area contributed by atoms with Crippen LogP contribution >= 0.6 is 0 Å². The van der Waals surface area contributed by atoms with Crippen LogP contribution in [0, 0.1) is 13.8 Å². The fourth-order valence-corrected chi connectivity index (χ4v) is 6.24. The molecule has 0 unspecified atom stereocenters. The van der Waals surface area contributed by atoms with Crippen molar-refractivity contribution < 1.29 is 0 Å². The first-order valence-corrected chi connectivity index (χ1v) is 18.1. The van der Waals surface area contributed by atoms with Gasteiger partial charge in [-0.2, -0.15) is 0 Å². The minimum absolute atomic E-state index is 0.710. The van der Waals surface area contributed by atoms with Gasteiger partial charge in [-0.25, -0.2) is 15.0 Å². The second-order valence-electron chi connectivity index (χ2n) is 13.0. The molecule has 0 radical (unpaired) electrons. The Labute approximate surface area is 323 Å². The second kappa shape index (κ2) is 17.6. The topological polar surface area (TPSA) is 68.8 Å². The highest BCUT2D eigenvalue weighted by Gasteiger charge is 2.18. The van der Waals surface area contributed by atoms with Gasteiger partial charge >= 0.3 is 0 Å². The molecule has 0 aliphatic heterocycles. The van der Waals surface area contributed by atoms with Gasteiger partial charge in [0.2, 0.25) is 0 Å². The van der Waals surface area contributed by atoms with Gasteiger partial charge in [-0.15, -0.1) is 0 Å². The fraction of sp³-hybridized carbons (Fsp3) is 0.0816. The lowest BCUT2D eigenvalue weighted by molar-refractivity contribution is 1.03. The lowest BCUT2D eigenvalue weighted by Gasteiger charge is -2.13. The van der Waals surface area contributed by atoms with E-state index in [2.05, 4.69) is 64.8 Å². The van der Waals surface area contributed by atoms with Crippen LogP contribution in [-0.2, 0) is 0 Å². The summed E-state index contributed by atoms with van der Waals surface area (Å²) in [5, 5.41) is 1.01. The zero-order valence-electron chi connectivity index (χ0n) is 31.8. The fourth-order valence-electron chi connectivity index (χ4n) is 6.24. The SMILES string of the molecule is C=C(/C=C\C)n1c(C)nc2cccc(-c3nc(-c4ccccc4)nc4ccccc34)c21.C=C(C)c1ccc(-c2ccccc2)cn1.C=Nc1ccccc1C. The highest BCUT2D eigenvalue weighted by molar-refractivity contribution is 6.02. The average Bonchev–Trinajstić information content (AvgIpc) is 3.58. The molecule has 270 valence electrons. The van der Waals surface area contributed by atoms with Gasteiger partial charge in [-0.3, -0.25) is 14.5 Å². The third kappa shape index (κ3) is 8.78. The van der Waals surface area contributed by atoms with Crippen molar-refractivity contribution in [1.29, 1.82) is 0 Å². The minimum atomic E-state index is 0.710. The maximum absolute atomic E-state index is 5.05. The first-order chi connectivity index (χ1) is 26.8. The van der Waals surface area contributed by atoms with Crippen LogP contribution in [0.2, 0.25) is 0 Å². The van der Waals surface area contributed by atoms with Gasteiger partial charge < -0.3 is 0 Å². The summed E-state index contributed by atoms with van der Waals surface area (Å²) >= 11 is 0. The standard InChI is InChI=1S/C27H22N4.C14H13N.C8H9N/c1-4-11-18(2)31-19(3)28-24-17-10-15-22(26(24)31)25-21-14-8-9-16-23(21)29-27(30-25)20-12-6-5-7-13-20;1-11(2)14-9-8-13(10-15-14)12-6-4-3-5-7-12;1-7-5-3-4-6-8(7)9-2/h4-17H,2H2,1,3H3;3-10H,1H2,2H3;3-6H,2H2,1H3/b11-4-;;. The Hall–Kier alpha value is -7.05. The number of benzene rings is 5. The number of nitrogens with zero attached hydrogens (tertiary/aromatic N) is 6. The molecule has 0 saturated carbocycles. The Morgan fingerprint density at radius 1 is 0.655 bits per heavy atom. The monoisotopic (exact) mass is 716 g/mol. The van der Waals surface area contributed by atoms with E-state index in [-0.39, 0.29) is 0 Å². The van der Waals surface area contributed by atoms with E-state index in [1.54, 1.807) is 0 Å². The van der Waals surface area contributed by atoms with E-state index in [0.717, 1.165) is 72.8 Å². The Balaban J connectivity index is 0.000000176. The molecule has 6 heteroatoms. The predicted octanol–water partition coefficient (Wildman–Crippen LogP) is 12.8. The molecular weight excluding hydrogens is 673 g/mol. The molecule has 0 aliphatic rings. The summed E-state index contributed by atoms with van der Waals surface area (Å²) in [7, 11) is 0. The highest BCUT2D eigenvalue weighted by atomic mass is 15.1. The Kier molecular flexibility index (Phi) is 12.1. The zero-order chi connectivity index (χ0) is 38.7. The molecule has 0 fully saturated rings. The van der Waals surface area contributed by atoms with Gasteiger partial charge in [0.05, 0.1) is 33.6 Å². The van der Waals surface area contributed by atoms with Crippen molar-refractivity contribution >= 4 is 45.6 Å². The molecule has 0 atom stereocenters. The zero-order valence-corrected chi connectivity index (χ0v) is 31.8. The van der Waals surface area contributed by atoms with Crippen molar-refractivity contribution in [1.82, 2.24) is 24.5 Å². The Morgan fingerprint density at radius 3 is 1.95 bits per heavy atom. The van der Waals surface area contributed by atoms with E-state index in [9.17, 15) is 0 Å². The molecular formula is C49H44N6. The van der Waals surface area contributed by atoms with Crippen LogP contribution < -0.4 is 0 Å². The van der Waals surface area contributed by atoms with Crippen LogP contribution in [-0.4, -0.2) is 31.2 Å². The summed E-state index contributed by atoms with van der Waals surface area (Å²) < 4.78 is 2.10. The van der Waals surface area contributed by atoms with Gasteiger partial charge in [0.25, 0.3) is 0 Å². The summed E-state index contributed by atoms with van der Waals surface area (Å²) in [6.07, 6.45) is 5.88. The number of aryl methyl sites for hydroxylation is 2. The van der Waals surface area contributed by atoms with Crippen molar-refractivity contribution in [2.75, 3.05) is 0 Å². The van der Waals surface area contributed by atoms with Crippen LogP contribution in [0.1, 0.15) is 30.9 Å². The molecule has 3 heterocycles. The smallest absolute Gasteiger partial charge is 0.160 e. The number of hydrogen-bond donors (Lipinski definition) is 0. The average molecular weight is 717 g/mol. The van der Waals surface area contributed by atoms with Crippen molar-refractivity contribution in [3.05, 3.63) is 188 Å².